The van der Waals surface area contributed by atoms with Crippen LogP contribution < -0.4 is 5.32 Å². The highest BCUT2D eigenvalue weighted by Crippen LogP contribution is 2.43. The quantitative estimate of drug-likeness (QED) is 0.366. The van der Waals surface area contributed by atoms with Crippen LogP contribution in [-0.4, -0.2) is 104 Å². The number of fused-ring (bicyclic) bond motifs is 1. The number of nitrogens with one attached hydrogen (secondary N) is 1. The van der Waals surface area contributed by atoms with Crippen molar-refractivity contribution in [3.8, 4) is 0 Å². The number of carbonyl (C=O) groups is 1. The number of ether oxygens (including phenoxy) is 6. The Morgan fingerprint density at radius 3 is 2.55 bits per heavy atom. The average molecular weight is 478 g/mol. The first-order valence-corrected chi connectivity index (χ1v) is 11.5. The second-order valence-corrected chi connectivity index (χ2v) is 9.66. The Morgan fingerprint density at radius 2 is 1.94 bits per heavy atom. The first-order chi connectivity index (χ1) is 15.6. The van der Waals surface area contributed by atoms with Gasteiger partial charge in [-0.05, 0) is 26.2 Å². The number of aliphatic hydroxyl groups is 3. The highest BCUT2D eigenvalue weighted by Gasteiger charge is 2.58. The minimum absolute atomic E-state index is 0.116. The van der Waals surface area contributed by atoms with E-state index in [0.29, 0.717) is 6.42 Å². The van der Waals surface area contributed by atoms with Gasteiger partial charge in [0.2, 0.25) is 5.79 Å². The Hall–Kier alpha value is -0.890. The third-order valence-electron chi connectivity index (χ3n) is 7.06. The summed E-state index contributed by atoms with van der Waals surface area (Å²) in [6, 6.07) is 0. The van der Waals surface area contributed by atoms with Crippen LogP contribution in [0.1, 0.15) is 46.5 Å². The Morgan fingerprint density at radius 1 is 1.21 bits per heavy atom. The lowest BCUT2D eigenvalue weighted by atomic mass is 9.72. The van der Waals surface area contributed by atoms with Gasteiger partial charge in [0.1, 0.15) is 19.0 Å². The van der Waals surface area contributed by atoms with Gasteiger partial charge in [-0.2, -0.15) is 0 Å². The van der Waals surface area contributed by atoms with E-state index in [2.05, 4.69) is 5.32 Å². The predicted octanol–water partition coefficient (Wildman–Crippen LogP) is -0.354. The van der Waals surface area contributed by atoms with Crippen molar-refractivity contribution < 1.29 is 48.5 Å². The molecule has 0 aromatic rings. The summed E-state index contributed by atoms with van der Waals surface area (Å²) in [6.07, 6.45) is -4.29. The monoisotopic (exact) mass is 477 g/mol. The van der Waals surface area contributed by atoms with E-state index in [4.69, 9.17) is 28.4 Å². The minimum atomic E-state index is -1.59. The maximum atomic E-state index is 13.0. The molecule has 11 heteroatoms. The Balaban J connectivity index is 1.79. The molecular formula is C22H39NO10. The van der Waals surface area contributed by atoms with Crippen LogP contribution in [0.4, 0.5) is 0 Å². The van der Waals surface area contributed by atoms with Crippen molar-refractivity contribution in [2.75, 3.05) is 27.6 Å². The van der Waals surface area contributed by atoms with Crippen LogP contribution in [0.15, 0.2) is 0 Å². The van der Waals surface area contributed by atoms with Crippen LogP contribution in [-0.2, 0) is 33.2 Å². The molecule has 0 bridgehead atoms. The van der Waals surface area contributed by atoms with E-state index in [1.807, 2.05) is 20.8 Å². The van der Waals surface area contributed by atoms with Gasteiger partial charge in [0.15, 0.2) is 12.3 Å². The van der Waals surface area contributed by atoms with E-state index >= 15 is 0 Å². The molecule has 3 heterocycles. The van der Waals surface area contributed by atoms with Crippen LogP contribution in [0.2, 0.25) is 0 Å². The number of aliphatic hydroxyl groups excluding tert-OH is 3. The van der Waals surface area contributed by atoms with Crippen molar-refractivity contribution in [3.05, 3.63) is 0 Å². The van der Waals surface area contributed by atoms with Gasteiger partial charge in [-0.15, -0.1) is 0 Å². The van der Waals surface area contributed by atoms with Crippen molar-refractivity contribution in [2.24, 2.45) is 5.41 Å². The zero-order valence-corrected chi connectivity index (χ0v) is 20.1. The SMILES string of the molecule is CO[C@@H]1[C@H]2OCO[C@H](NC(=O)[C@@H](O)[C@@]3(OC)CCC[C@@H](C)O3)[C@H]2O[C@H](C(O)CCO)C1(C)C. The molecule has 3 aliphatic rings. The predicted molar refractivity (Wildman–Crippen MR) is 114 cm³/mol. The van der Waals surface area contributed by atoms with E-state index in [9.17, 15) is 20.1 Å². The molecular weight excluding hydrogens is 438 g/mol. The van der Waals surface area contributed by atoms with Crippen molar-refractivity contribution in [1.29, 1.82) is 0 Å². The Bertz CT molecular complexity index is 663. The zero-order valence-electron chi connectivity index (χ0n) is 20.1. The molecule has 0 saturated carbocycles. The molecule has 11 nitrogen and oxygen atoms in total. The van der Waals surface area contributed by atoms with Crippen LogP contribution in [0.3, 0.4) is 0 Å². The number of amides is 1. The lowest BCUT2D eigenvalue weighted by molar-refractivity contribution is -0.339. The molecule has 3 rings (SSSR count). The van der Waals surface area contributed by atoms with Crippen LogP contribution in [0.25, 0.3) is 0 Å². The van der Waals surface area contributed by atoms with Crippen molar-refractivity contribution >= 4 is 5.91 Å². The second kappa shape index (κ2) is 10.8. The largest absolute Gasteiger partial charge is 0.396 e. The Kier molecular flexibility index (Phi) is 8.74. The topological polar surface area (TPSA) is 145 Å². The maximum Gasteiger partial charge on any atom is 0.256 e. The van der Waals surface area contributed by atoms with E-state index in [1.54, 1.807) is 7.11 Å². The molecule has 9 atom stereocenters. The van der Waals surface area contributed by atoms with Gasteiger partial charge in [0, 0.05) is 32.7 Å². The summed E-state index contributed by atoms with van der Waals surface area (Å²) in [5.74, 6) is -2.18. The Labute approximate surface area is 194 Å². The summed E-state index contributed by atoms with van der Waals surface area (Å²) in [5, 5.41) is 33.5. The molecule has 1 amide bonds. The van der Waals surface area contributed by atoms with Crippen molar-refractivity contribution in [1.82, 2.24) is 5.32 Å². The standard InChI is InChI=1S/C22H39NO10/c1-12-7-6-9-22(29-5,33-12)16(26)19(27)23-20-15-14(30-11-31-20)18(28-4)21(2,3)17(32-15)13(25)8-10-24/h12-18,20,24-26H,6-11H2,1-5H3,(H,23,27)/t12-,13?,14+,15+,16-,17-,18-,20+,22-/m1/s1. The summed E-state index contributed by atoms with van der Waals surface area (Å²) < 4.78 is 34.7. The van der Waals surface area contributed by atoms with Gasteiger partial charge >= 0.3 is 0 Å². The number of methoxy groups -OCH3 is 2. The first kappa shape index (κ1) is 26.7. The first-order valence-electron chi connectivity index (χ1n) is 11.5. The van der Waals surface area contributed by atoms with E-state index in [0.717, 1.165) is 12.8 Å². The minimum Gasteiger partial charge on any atom is -0.396 e. The lowest BCUT2D eigenvalue weighted by Gasteiger charge is -2.55. The zero-order chi connectivity index (χ0) is 24.4. The summed E-state index contributed by atoms with van der Waals surface area (Å²) in [7, 11) is 2.95. The van der Waals surface area contributed by atoms with Crippen LogP contribution in [0, 0.1) is 5.41 Å². The number of hydrogen-bond donors (Lipinski definition) is 4. The molecule has 3 aliphatic heterocycles. The molecule has 0 spiro atoms. The van der Waals surface area contributed by atoms with E-state index < -0.39 is 60.0 Å². The van der Waals surface area contributed by atoms with Gasteiger partial charge in [-0.3, -0.25) is 4.79 Å². The normalized spacial score (nSPS) is 40.5. The van der Waals surface area contributed by atoms with Crippen molar-refractivity contribution in [2.45, 2.75) is 101 Å². The molecule has 4 N–H and O–H groups in total. The molecule has 192 valence electrons. The fourth-order valence-corrected chi connectivity index (χ4v) is 5.30. The molecule has 0 aromatic heterocycles. The van der Waals surface area contributed by atoms with Gasteiger partial charge in [0.05, 0.1) is 24.4 Å². The highest BCUT2D eigenvalue weighted by molar-refractivity contribution is 5.81. The molecule has 0 aromatic carbocycles. The fraction of sp³-hybridized carbons (Fsp3) is 0.955. The van der Waals surface area contributed by atoms with Gasteiger partial charge in [-0.1, -0.05) is 13.8 Å². The van der Waals surface area contributed by atoms with Crippen LogP contribution in [0.5, 0.6) is 0 Å². The number of carbonyl (C=O) groups excluding carboxylic acids is 1. The molecule has 3 saturated heterocycles. The van der Waals surface area contributed by atoms with E-state index in [1.165, 1.54) is 7.11 Å². The van der Waals surface area contributed by atoms with Gasteiger partial charge < -0.3 is 49.1 Å². The molecule has 3 fully saturated rings. The van der Waals surface area contributed by atoms with Crippen molar-refractivity contribution in [3.63, 3.8) is 0 Å². The molecule has 0 aliphatic carbocycles. The summed E-state index contributed by atoms with van der Waals surface area (Å²) in [5.41, 5.74) is -0.665. The fourth-order valence-electron chi connectivity index (χ4n) is 5.30. The van der Waals surface area contributed by atoms with Crippen LogP contribution >= 0.6 is 0 Å². The summed E-state index contributed by atoms with van der Waals surface area (Å²) >= 11 is 0. The maximum absolute atomic E-state index is 13.0. The molecule has 33 heavy (non-hydrogen) atoms. The smallest absolute Gasteiger partial charge is 0.256 e. The number of rotatable bonds is 8. The highest BCUT2D eigenvalue weighted by atomic mass is 16.7. The summed E-state index contributed by atoms with van der Waals surface area (Å²) in [6.45, 7) is 5.32. The third kappa shape index (κ3) is 5.21. The second-order valence-electron chi connectivity index (χ2n) is 9.66. The lowest BCUT2D eigenvalue weighted by Crippen LogP contribution is -2.70. The number of hydrogen-bond acceptors (Lipinski definition) is 10. The van der Waals surface area contributed by atoms with E-state index in [-0.39, 0.29) is 25.9 Å². The van der Waals surface area contributed by atoms with Gasteiger partial charge in [-0.25, -0.2) is 0 Å². The summed E-state index contributed by atoms with van der Waals surface area (Å²) in [4.78, 5) is 13.0. The van der Waals surface area contributed by atoms with Gasteiger partial charge in [0.25, 0.3) is 5.91 Å². The third-order valence-corrected chi connectivity index (χ3v) is 7.06. The average Bonchev–Trinajstić information content (AvgIpc) is 2.77. The molecule has 1 unspecified atom stereocenters. The molecule has 0 radical (unpaired) electrons.